The molecule has 2 aromatic rings. The average Bonchev–Trinajstić information content (AvgIpc) is 2.79. The highest BCUT2D eigenvalue weighted by Gasteiger charge is 2.22. The van der Waals surface area contributed by atoms with Crippen LogP contribution in [0, 0.1) is 6.92 Å². The zero-order chi connectivity index (χ0) is 17.9. The van der Waals surface area contributed by atoms with E-state index in [1.165, 1.54) is 0 Å². The normalized spacial score (nSPS) is 12.5. The SMILES string of the molecule is Cc1c(Cl)c(C(=O)NC(CCN(C)C)c2ccc(Cl)cc2)nn1C. The first kappa shape index (κ1) is 18.8. The summed E-state index contributed by atoms with van der Waals surface area (Å²) in [6.45, 7) is 2.66. The lowest BCUT2D eigenvalue weighted by Crippen LogP contribution is -2.31. The van der Waals surface area contributed by atoms with Gasteiger partial charge in [0.05, 0.1) is 16.8 Å². The monoisotopic (exact) mass is 368 g/mol. The Labute approximate surface area is 152 Å². The van der Waals surface area contributed by atoms with Gasteiger partial charge in [-0.1, -0.05) is 35.3 Å². The maximum Gasteiger partial charge on any atom is 0.273 e. The van der Waals surface area contributed by atoms with E-state index in [9.17, 15) is 4.79 Å². The number of aryl methyl sites for hydroxylation is 1. The van der Waals surface area contributed by atoms with E-state index < -0.39 is 0 Å². The van der Waals surface area contributed by atoms with Crippen molar-refractivity contribution in [1.82, 2.24) is 20.0 Å². The van der Waals surface area contributed by atoms with E-state index in [4.69, 9.17) is 23.2 Å². The molecule has 0 bridgehead atoms. The summed E-state index contributed by atoms with van der Waals surface area (Å²) in [5.74, 6) is -0.276. The van der Waals surface area contributed by atoms with Gasteiger partial charge in [-0.25, -0.2) is 0 Å². The number of hydrogen-bond acceptors (Lipinski definition) is 3. The van der Waals surface area contributed by atoms with Crippen LogP contribution in [0.25, 0.3) is 0 Å². The Bertz CT molecular complexity index is 710. The van der Waals surface area contributed by atoms with E-state index in [2.05, 4.69) is 15.3 Å². The van der Waals surface area contributed by atoms with Crippen molar-refractivity contribution in [3.05, 3.63) is 51.3 Å². The van der Waals surface area contributed by atoms with Gasteiger partial charge < -0.3 is 10.2 Å². The van der Waals surface area contributed by atoms with Crippen LogP contribution in [0.3, 0.4) is 0 Å². The Morgan fingerprint density at radius 1 is 1.29 bits per heavy atom. The van der Waals surface area contributed by atoms with Gasteiger partial charge in [-0.15, -0.1) is 0 Å². The molecule has 1 heterocycles. The molecule has 0 fully saturated rings. The van der Waals surface area contributed by atoms with E-state index in [1.54, 1.807) is 11.7 Å². The first-order chi connectivity index (χ1) is 11.3. The maximum atomic E-state index is 12.6. The molecule has 1 unspecified atom stereocenters. The smallest absolute Gasteiger partial charge is 0.273 e. The quantitative estimate of drug-likeness (QED) is 0.849. The number of rotatable bonds is 6. The summed E-state index contributed by atoms with van der Waals surface area (Å²) in [4.78, 5) is 14.7. The summed E-state index contributed by atoms with van der Waals surface area (Å²) in [7, 11) is 5.76. The van der Waals surface area contributed by atoms with E-state index in [-0.39, 0.29) is 17.6 Å². The Kier molecular flexibility index (Phi) is 6.27. The molecule has 1 atom stereocenters. The van der Waals surface area contributed by atoms with E-state index in [0.29, 0.717) is 10.0 Å². The zero-order valence-electron chi connectivity index (χ0n) is 14.3. The number of carbonyl (C=O) groups is 1. The number of hydrogen-bond donors (Lipinski definition) is 1. The summed E-state index contributed by atoms with van der Waals surface area (Å²) >= 11 is 12.2. The Morgan fingerprint density at radius 2 is 1.92 bits per heavy atom. The number of amides is 1. The molecule has 7 heteroatoms. The molecule has 5 nitrogen and oxygen atoms in total. The molecule has 1 N–H and O–H groups in total. The van der Waals surface area contributed by atoms with Crippen molar-refractivity contribution >= 4 is 29.1 Å². The highest BCUT2D eigenvalue weighted by atomic mass is 35.5. The number of benzene rings is 1. The Balaban J connectivity index is 2.22. The van der Waals surface area contributed by atoms with Crippen LogP contribution in [0.15, 0.2) is 24.3 Å². The third-order valence-corrected chi connectivity index (χ3v) is 4.62. The molecule has 1 aromatic heterocycles. The second-order valence-corrected chi connectivity index (χ2v) is 6.86. The molecular weight excluding hydrogens is 347 g/mol. The molecule has 0 spiro atoms. The molecule has 2 rings (SSSR count). The Hall–Kier alpha value is -1.56. The van der Waals surface area contributed by atoms with Crippen LogP contribution in [-0.4, -0.2) is 41.2 Å². The van der Waals surface area contributed by atoms with Crippen LogP contribution in [-0.2, 0) is 7.05 Å². The van der Waals surface area contributed by atoms with Crippen molar-refractivity contribution < 1.29 is 4.79 Å². The fraction of sp³-hybridized carbons (Fsp3) is 0.412. The molecule has 0 aliphatic carbocycles. The van der Waals surface area contributed by atoms with Crippen molar-refractivity contribution in [2.75, 3.05) is 20.6 Å². The molecule has 0 saturated carbocycles. The van der Waals surface area contributed by atoms with Gasteiger partial charge >= 0.3 is 0 Å². The summed E-state index contributed by atoms with van der Waals surface area (Å²) < 4.78 is 1.61. The summed E-state index contributed by atoms with van der Waals surface area (Å²) in [6, 6.07) is 7.35. The van der Waals surface area contributed by atoms with Gasteiger partial charge in [0.15, 0.2) is 5.69 Å². The second kappa shape index (κ2) is 8.01. The summed E-state index contributed by atoms with van der Waals surface area (Å²) in [6.07, 6.45) is 0.768. The number of halogens is 2. The van der Waals surface area contributed by atoms with Gasteiger partial charge in [-0.2, -0.15) is 5.10 Å². The maximum absolute atomic E-state index is 12.6. The van der Waals surface area contributed by atoms with Gasteiger partial charge in [0.25, 0.3) is 5.91 Å². The highest BCUT2D eigenvalue weighted by molar-refractivity contribution is 6.34. The highest BCUT2D eigenvalue weighted by Crippen LogP contribution is 2.23. The van der Waals surface area contributed by atoms with Gasteiger partial charge in [-0.05, 0) is 51.7 Å². The van der Waals surface area contributed by atoms with Crippen molar-refractivity contribution in [2.24, 2.45) is 7.05 Å². The lowest BCUT2D eigenvalue weighted by atomic mass is 10.0. The van der Waals surface area contributed by atoms with Crippen molar-refractivity contribution in [1.29, 1.82) is 0 Å². The van der Waals surface area contributed by atoms with Crippen LogP contribution in [0.5, 0.6) is 0 Å². The standard InChI is InChI=1S/C17H22Cl2N4O/c1-11-15(19)16(21-23(11)4)17(24)20-14(9-10-22(2)3)12-5-7-13(18)8-6-12/h5-8,14H,9-10H2,1-4H3,(H,20,24). The molecule has 1 amide bonds. The summed E-state index contributed by atoms with van der Waals surface area (Å²) in [5.41, 5.74) is 2.01. The number of nitrogens with one attached hydrogen (secondary N) is 1. The minimum atomic E-state index is -0.276. The average molecular weight is 369 g/mol. The Morgan fingerprint density at radius 3 is 2.42 bits per heavy atom. The molecule has 130 valence electrons. The molecular formula is C17H22Cl2N4O. The zero-order valence-corrected chi connectivity index (χ0v) is 15.8. The largest absolute Gasteiger partial charge is 0.344 e. The van der Waals surface area contributed by atoms with Crippen LogP contribution in [0.2, 0.25) is 10.0 Å². The molecule has 0 saturated heterocycles. The van der Waals surface area contributed by atoms with Crippen LogP contribution in [0.1, 0.15) is 34.2 Å². The third kappa shape index (κ3) is 4.50. The van der Waals surface area contributed by atoms with Crippen LogP contribution < -0.4 is 5.32 Å². The molecule has 1 aromatic carbocycles. The molecule has 0 radical (unpaired) electrons. The fourth-order valence-electron chi connectivity index (χ4n) is 2.36. The first-order valence-corrected chi connectivity index (χ1v) is 8.45. The van der Waals surface area contributed by atoms with Gasteiger partial charge in [-0.3, -0.25) is 9.48 Å². The van der Waals surface area contributed by atoms with Crippen molar-refractivity contribution in [3.8, 4) is 0 Å². The number of nitrogens with zero attached hydrogens (tertiary/aromatic N) is 3. The minimum Gasteiger partial charge on any atom is -0.344 e. The molecule has 24 heavy (non-hydrogen) atoms. The van der Waals surface area contributed by atoms with Crippen molar-refractivity contribution in [2.45, 2.75) is 19.4 Å². The third-order valence-electron chi connectivity index (χ3n) is 3.92. The van der Waals surface area contributed by atoms with Gasteiger partial charge in [0.2, 0.25) is 0 Å². The predicted octanol–water partition coefficient (Wildman–Crippen LogP) is 3.46. The van der Waals surface area contributed by atoms with E-state index in [1.807, 2.05) is 45.3 Å². The lowest BCUT2D eigenvalue weighted by Gasteiger charge is -2.21. The van der Waals surface area contributed by atoms with Crippen LogP contribution >= 0.6 is 23.2 Å². The predicted molar refractivity (Wildman–Crippen MR) is 97.8 cm³/mol. The van der Waals surface area contributed by atoms with Gasteiger partial charge in [0, 0.05) is 12.1 Å². The topological polar surface area (TPSA) is 50.2 Å². The van der Waals surface area contributed by atoms with Crippen molar-refractivity contribution in [3.63, 3.8) is 0 Å². The number of carbonyl (C=O) groups excluding carboxylic acids is 1. The lowest BCUT2D eigenvalue weighted by molar-refractivity contribution is 0.0927. The van der Waals surface area contributed by atoms with Gasteiger partial charge in [0.1, 0.15) is 0 Å². The second-order valence-electron chi connectivity index (χ2n) is 6.04. The van der Waals surface area contributed by atoms with E-state index >= 15 is 0 Å². The minimum absolute atomic E-state index is 0.143. The molecule has 0 aliphatic heterocycles. The van der Waals surface area contributed by atoms with E-state index in [0.717, 1.165) is 24.2 Å². The summed E-state index contributed by atoms with van der Waals surface area (Å²) in [5, 5.41) is 8.30. The molecule has 0 aliphatic rings. The van der Waals surface area contributed by atoms with Crippen LogP contribution in [0.4, 0.5) is 0 Å². The number of aromatic nitrogens is 2. The first-order valence-electron chi connectivity index (χ1n) is 7.69. The fourth-order valence-corrected chi connectivity index (χ4v) is 2.73.